The quantitative estimate of drug-likeness (QED) is 0.601. The molecule has 0 saturated heterocycles. The van der Waals surface area contributed by atoms with Crippen molar-refractivity contribution in [2.24, 2.45) is 5.41 Å². The van der Waals surface area contributed by atoms with E-state index in [0.717, 1.165) is 5.39 Å². The van der Waals surface area contributed by atoms with Gasteiger partial charge in [0.2, 0.25) is 0 Å². The van der Waals surface area contributed by atoms with Gasteiger partial charge in [-0.25, -0.2) is 4.98 Å². The van der Waals surface area contributed by atoms with Crippen molar-refractivity contribution in [3.63, 3.8) is 0 Å². The van der Waals surface area contributed by atoms with Crippen molar-refractivity contribution in [2.45, 2.75) is 39.3 Å². The van der Waals surface area contributed by atoms with Gasteiger partial charge in [0.05, 0.1) is 5.69 Å². The highest BCUT2D eigenvalue weighted by molar-refractivity contribution is 5.99. The van der Waals surface area contributed by atoms with E-state index in [2.05, 4.69) is 4.98 Å². The molecule has 0 unspecified atom stereocenters. The zero-order valence-corrected chi connectivity index (χ0v) is 16.1. The molecule has 150 valence electrons. The topological polar surface area (TPSA) is 50.2 Å². The van der Waals surface area contributed by atoms with E-state index in [4.69, 9.17) is 0 Å². The SMILES string of the molecule is CC1(C)CC(=O)c2cc(Cc3c(O)ccc4ccccc34)c(C(F)(F)F)nc2C1. The monoisotopic (exact) mass is 399 g/mol. The van der Waals surface area contributed by atoms with Crippen molar-refractivity contribution < 1.29 is 23.1 Å². The standard InChI is InChI=1S/C23H20F3NO2/c1-22(2)11-18-17(20(29)12-22)10-14(21(27-18)23(24,25)26)9-16-15-6-4-3-5-13(15)7-8-19(16)28/h3-8,10,28H,9,11-12H2,1-2H3. The number of carbonyl (C=O) groups excluding carboxylic acids is 1. The number of nitrogens with zero attached hydrogens (tertiary/aromatic N) is 1. The molecule has 1 aromatic heterocycles. The van der Waals surface area contributed by atoms with Gasteiger partial charge in [0.15, 0.2) is 5.78 Å². The Hall–Kier alpha value is -2.89. The van der Waals surface area contributed by atoms with Gasteiger partial charge in [-0.1, -0.05) is 44.2 Å². The number of aromatic nitrogens is 1. The minimum Gasteiger partial charge on any atom is -0.508 e. The Kier molecular flexibility index (Phi) is 4.41. The molecule has 0 atom stereocenters. The Morgan fingerprint density at radius 2 is 1.83 bits per heavy atom. The minimum absolute atomic E-state index is 0.0815. The van der Waals surface area contributed by atoms with Crippen molar-refractivity contribution >= 4 is 16.6 Å². The van der Waals surface area contributed by atoms with E-state index < -0.39 is 17.3 Å². The molecule has 1 aliphatic rings. The molecule has 1 N–H and O–H groups in total. The highest BCUT2D eigenvalue weighted by Gasteiger charge is 2.39. The lowest BCUT2D eigenvalue weighted by atomic mass is 9.75. The van der Waals surface area contributed by atoms with E-state index in [1.54, 1.807) is 18.2 Å². The first-order valence-electron chi connectivity index (χ1n) is 9.38. The first-order valence-corrected chi connectivity index (χ1v) is 9.38. The van der Waals surface area contributed by atoms with E-state index in [1.807, 2.05) is 26.0 Å². The number of ketones is 1. The van der Waals surface area contributed by atoms with Crippen molar-refractivity contribution in [1.29, 1.82) is 0 Å². The summed E-state index contributed by atoms with van der Waals surface area (Å²) < 4.78 is 41.4. The molecule has 0 radical (unpaired) electrons. The molecule has 3 nitrogen and oxygen atoms in total. The first kappa shape index (κ1) is 19.4. The average Bonchev–Trinajstić information content (AvgIpc) is 2.62. The van der Waals surface area contributed by atoms with Crippen LogP contribution in [-0.4, -0.2) is 15.9 Å². The first-order chi connectivity index (χ1) is 13.5. The van der Waals surface area contributed by atoms with Gasteiger partial charge in [0.25, 0.3) is 0 Å². The van der Waals surface area contributed by atoms with Crippen LogP contribution >= 0.6 is 0 Å². The van der Waals surface area contributed by atoms with E-state index in [0.29, 0.717) is 17.4 Å². The summed E-state index contributed by atoms with van der Waals surface area (Å²) in [6, 6.07) is 11.7. The lowest BCUT2D eigenvalue weighted by molar-refractivity contribution is -0.141. The zero-order chi connectivity index (χ0) is 21.0. The summed E-state index contributed by atoms with van der Waals surface area (Å²) in [4.78, 5) is 16.5. The van der Waals surface area contributed by atoms with Crippen LogP contribution < -0.4 is 0 Å². The Balaban J connectivity index is 1.90. The molecular weight excluding hydrogens is 379 g/mol. The summed E-state index contributed by atoms with van der Waals surface area (Å²) in [5.41, 5.74) is -0.671. The number of alkyl halides is 3. The molecule has 29 heavy (non-hydrogen) atoms. The molecule has 1 aliphatic carbocycles. The number of phenols is 1. The molecule has 2 aromatic carbocycles. The lowest BCUT2D eigenvalue weighted by Crippen LogP contribution is -2.29. The van der Waals surface area contributed by atoms with Crippen LogP contribution in [0.25, 0.3) is 10.8 Å². The molecule has 0 fully saturated rings. The number of aromatic hydroxyl groups is 1. The van der Waals surface area contributed by atoms with Crippen LogP contribution in [0.2, 0.25) is 0 Å². The van der Waals surface area contributed by atoms with Crippen LogP contribution in [0.5, 0.6) is 5.75 Å². The highest BCUT2D eigenvalue weighted by atomic mass is 19.4. The van der Waals surface area contributed by atoms with Gasteiger partial charge in [-0.3, -0.25) is 4.79 Å². The Morgan fingerprint density at radius 3 is 2.55 bits per heavy atom. The number of phenolic OH excluding ortho intramolecular Hbond substituents is 1. The Bertz CT molecular complexity index is 1130. The third kappa shape index (κ3) is 3.59. The van der Waals surface area contributed by atoms with Gasteiger partial charge < -0.3 is 5.11 Å². The number of rotatable bonds is 2. The fourth-order valence-corrected chi connectivity index (χ4v) is 4.10. The molecule has 3 aromatic rings. The summed E-state index contributed by atoms with van der Waals surface area (Å²) in [6.45, 7) is 3.70. The number of hydrogen-bond acceptors (Lipinski definition) is 3. The number of Topliss-reactive ketones (excluding diaryl/α,β-unsaturated/α-hetero) is 1. The molecule has 0 spiro atoms. The molecule has 6 heteroatoms. The normalized spacial score (nSPS) is 16.1. The number of halogens is 3. The lowest BCUT2D eigenvalue weighted by Gasteiger charge is -2.30. The maximum Gasteiger partial charge on any atom is 0.433 e. The second-order valence-electron chi connectivity index (χ2n) is 8.39. The summed E-state index contributed by atoms with van der Waals surface area (Å²) in [7, 11) is 0. The highest BCUT2D eigenvalue weighted by Crippen LogP contribution is 2.39. The van der Waals surface area contributed by atoms with E-state index in [-0.39, 0.29) is 41.2 Å². The largest absolute Gasteiger partial charge is 0.508 e. The van der Waals surface area contributed by atoms with Crippen LogP contribution in [0, 0.1) is 5.41 Å². The van der Waals surface area contributed by atoms with Crippen LogP contribution in [0.3, 0.4) is 0 Å². The number of pyridine rings is 1. The summed E-state index contributed by atoms with van der Waals surface area (Å²) in [5.74, 6) is -0.275. The van der Waals surface area contributed by atoms with Crippen LogP contribution in [0.15, 0.2) is 42.5 Å². The van der Waals surface area contributed by atoms with Gasteiger partial charge in [0, 0.05) is 24.0 Å². The molecule has 0 amide bonds. The molecule has 0 saturated carbocycles. The number of fused-ring (bicyclic) bond motifs is 2. The van der Waals surface area contributed by atoms with Gasteiger partial charge in [-0.15, -0.1) is 0 Å². The predicted octanol–water partition coefficient (Wildman–Crippen LogP) is 5.71. The fourth-order valence-electron chi connectivity index (χ4n) is 4.10. The molecule has 0 bridgehead atoms. The smallest absolute Gasteiger partial charge is 0.433 e. The van der Waals surface area contributed by atoms with E-state index >= 15 is 0 Å². The van der Waals surface area contributed by atoms with E-state index in [9.17, 15) is 23.1 Å². The number of hydrogen-bond donors (Lipinski definition) is 1. The molecule has 4 rings (SSSR count). The minimum atomic E-state index is -4.66. The van der Waals surface area contributed by atoms with Gasteiger partial charge in [-0.2, -0.15) is 13.2 Å². The average molecular weight is 399 g/mol. The number of carbonyl (C=O) groups is 1. The van der Waals surface area contributed by atoms with Crippen molar-refractivity contribution in [2.75, 3.05) is 0 Å². The maximum absolute atomic E-state index is 13.8. The van der Waals surface area contributed by atoms with Crippen molar-refractivity contribution in [3.8, 4) is 5.75 Å². The Morgan fingerprint density at radius 1 is 1.10 bits per heavy atom. The second-order valence-corrected chi connectivity index (χ2v) is 8.39. The molecular formula is C23H20F3NO2. The summed E-state index contributed by atoms with van der Waals surface area (Å²) in [6.07, 6.45) is -4.24. The number of benzene rings is 2. The van der Waals surface area contributed by atoms with Gasteiger partial charge in [-0.05, 0) is 40.3 Å². The van der Waals surface area contributed by atoms with Crippen LogP contribution in [0.4, 0.5) is 13.2 Å². The van der Waals surface area contributed by atoms with Gasteiger partial charge >= 0.3 is 6.18 Å². The third-order valence-corrected chi connectivity index (χ3v) is 5.42. The molecule has 1 heterocycles. The predicted molar refractivity (Wildman–Crippen MR) is 104 cm³/mol. The second kappa shape index (κ2) is 6.58. The third-order valence-electron chi connectivity index (χ3n) is 5.42. The maximum atomic E-state index is 13.8. The van der Waals surface area contributed by atoms with Crippen molar-refractivity contribution in [1.82, 2.24) is 4.98 Å². The Labute approximate surface area is 166 Å². The van der Waals surface area contributed by atoms with E-state index in [1.165, 1.54) is 12.1 Å². The zero-order valence-electron chi connectivity index (χ0n) is 16.1. The molecule has 0 aliphatic heterocycles. The van der Waals surface area contributed by atoms with Crippen molar-refractivity contribution in [3.05, 3.63) is 70.5 Å². The fraction of sp³-hybridized carbons (Fsp3) is 0.304. The van der Waals surface area contributed by atoms with Gasteiger partial charge in [0.1, 0.15) is 11.4 Å². The van der Waals surface area contributed by atoms with Crippen LogP contribution in [0.1, 0.15) is 53.1 Å². The van der Waals surface area contributed by atoms with Crippen LogP contribution in [-0.2, 0) is 19.0 Å². The summed E-state index contributed by atoms with van der Waals surface area (Å²) >= 11 is 0. The summed E-state index contributed by atoms with van der Waals surface area (Å²) in [5, 5.41) is 11.8.